The van der Waals surface area contributed by atoms with E-state index in [-0.39, 0.29) is 41.7 Å². The molecule has 2 N–H and O–H groups in total. The summed E-state index contributed by atoms with van der Waals surface area (Å²) in [5, 5.41) is 0. The van der Waals surface area contributed by atoms with Gasteiger partial charge in [-0.15, -0.1) is 12.4 Å². The van der Waals surface area contributed by atoms with Crippen LogP contribution in [-0.4, -0.2) is 49.9 Å². The van der Waals surface area contributed by atoms with E-state index in [1.165, 1.54) is 0 Å². The van der Waals surface area contributed by atoms with Crippen molar-refractivity contribution in [3.63, 3.8) is 0 Å². The van der Waals surface area contributed by atoms with E-state index in [0.29, 0.717) is 13.0 Å². The van der Waals surface area contributed by atoms with Crippen LogP contribution in [0.2, 0.25) is 0 Å². The molecule has 0 aromatic rings. The fraction of sp³-hybridized carbons (Fsp3) is 0.929. The topological polar surface area (TPSA) is 80.5 Å². The van der Waals surface area contributed by atoms with Gasteiger partial charge in [-0.3, -0.25) is 4.79 Å². The van der Waals surface area contributed by atoms with Crippen LogP contribution < -0.4 is 5.73 Å². The molecular formula is C14H27ClN2O3S. The Bertz CT molecular complexity index is 479. The number of carbonyl (C=O) groups excluding carboxylic acids is 1. The average molecular weight is 339 g/mol. The van der Waals surface area contributed by atoms with Crippen molar-refractivity contribution < 1.29 is 13.2 Å². The van der Waals surface area contributed by atoms with Gasteiger partial charge in [0.2, 0.25) is 5.91 Å². The molecule has 2 fully saturated rings. The highest BCUT2D eigenvalue weighted by Gasteiger charge is 2.40. The molecule has 21 heavy (non-hydrogen) atoms. The van der Waals surface area contributed by atoms with Crippen molar-refractivity contribution in [3.05, 3.63) is 0 Å². The van der Waals surface area contributed by atoms with Crippen molar-refractivity contribution in [2.45, 2.75) is 44.6 Å². The van der Waals surface area contributed by atoms with E-state index in [4.69, 9.17) is 5.73 Å². The molecule has 1 saturated heterocycles. The van der Waals surface area contributed by atoms with Gasteiger partial charge in [0.15, 0.2) is 9.84 Å². The van der Waals surface area contributed by atoms with Gasteiger partial charge < -0.3 is 10.6 Å². The first-order valence-electron chi connectivity index (χ1n) is 7.45. The van der Waals surface area contributed by atoms with Crippen LogP contribution in [0.5, 0.6) is 0 Å². The van der Waals surface area contributed by atoms with Gasteiger partial charge in [-0.05, 0) is 32.1 Å². The van der Waals surface area contributed by atoms with Crippen LogP contribution in [0.15, 0.2) is 0 Å². The predicted molar refractivity (Wildman–Crippen MR) is 86.2 cm³/mol. The first-order valence-corrected chi connectivity index (χ1v) is 9.28. The maximum Gasteiger partial charge on any atom is 0.227 e. The number of nitrogens with zero attached hydrogens (tertiary/aromatic N) is 1. The Hall–Kier alpha value is -0.330. The Morgan fingerprint density at radius 3 is 2.52 bits per heavy atom. The van der Waals surface area contributed by atoms with Crippen LogP contribution in [-0.2, 0) is 14.6 Å². The Kier molecular flexibility index (Phi) is 6.09. The van der Waals surface area contributed by atoms with Gasteiger partial charge >= 0.3 is 0 Å². The number of halogens is 1. The summed E-state index contributed by atoms with van der Waals surface area (Å²) in [7, 11) is -1.10. The highest BCUT2D eigenvalue weighted by molar-refractivity contribution is 7.91. The Labute approximate surface area is 134 Å². The molecule has 1 heterocycles. The molecule has 0 aromatic carbocycles. The maximum atomic E-state index is 12.6. The van der Waals surface area contributed by atoms with Gasteiger partial charge in [-0.25, -0.2) is 8.42 Å². The van der Waals surface area contributed by atoms with Crippen LogP contribution in [0.3, 0.4) is 0 Å². The van der Waals surface area contributed by atoms with Crippen molar-refractivity contribution in [2.24, 2.45) is 17.6 Å². The molecule has 0 spiro atoms. The monoisotopic (exact) mass is 338 g/mol. The van der Waals surface area contributed by atoms with Crippen LogP contribution in [0.25, 0.3) is 0 Å². The Morgan fingerprint density at radius 2 is 2.00 bits per heavy atom. The minimum Gasteiger partial charge on any atom is -0.345 e. The average Bonchev–Trinajstić information content (AvgIpc) is 2.67. The van der Waals surface area contributed by atoms with Gasteiger partial charge in [0.25, 0.3) is 0 Å². The Morgan fingerprint density at radius 1 is 1.33 bits per heavy atom. The van der Waals surface area contributed by atoms with Crippen molar-refractivity contribution in [1.29, 1.82) is 0 Å². The molecule has 1 saturated carbocycles. The largest absolute Gasteiger partial charge is 0.345 e. The van der Waals surface area contributed by atoms with Gasteiger partial charge in [0, 0.05) is 19.1 Å². The molecule has 124 valence electrons. The third-order valence-corrected chi connectivity index (χ3v) is 6.62. The normalized spacial score (nSPS) is 35.0. The minimum absolute atomic E-state index is 0. The summed E-state index contributed by atoms with van der Waals surface area (Å²) >= 11 is 0. The number of nitrogens with two attached hydrogens (primary N) is 1. The smallest absolute Gasteiger partial charge is 0.227 e. The lowest BCUT2D eigenvalue weighted by Crippen LogP contribution is -2.53. The fourth-order valence-corrected chi connectivity index (χ4v) is 5.37. The van der Waals surface area contributed by atoms with Gasteiger partial charge in [-0.2, -0.15) is 0 Å². The summed E-state index contributed by atoms with van der Waals surface area (Å²) in [6.07, 6.45) is 4.54. The molecule has 3 atom stereocenters. The zero-order chi connectivity index (χ0) is 15.0. The van der Waals surface area contributed by atoms with Crippen LogP contribution in [0.4, 0.5) is 0 Å². The third-order valence-electron chi connectivity index (χ3n) is 4.79. The predicted octanol–water partition coefficient (Wildman–Crippen LogP) is 1.21. The number of carbonyl (C=O) groups is 1. The lowest BCUT2D eigenvalue weighted by Gasteiger charge is -2.39. The van der Waals surface area contributed by atoms with E-state index < -0.39 is 15.4 Å². The fourth-order valence-electron chi connectivity index (χ4n) is 3.52. The van der Waals surface area contributed by atoms with Crippen LogP contribution >= 0.6 is 12.4 Å². The second-order valence-corrected chi connectivity index (χ2v) is 9.02. The SMILES string of the molecule is CN(CC1CCS(=O)(=O)C1)C(=O)C1CCCCC1(C)N.Cl. The van der Waals surface area contributed by atoms with Gasteiger partial charge in [0.1, 0.15) is 0 Å². The summed E-state index contributed by atoms with van der Waals surface area (Å²) in [5.41, 5.74) is 5.84. The molecule has 1 aliphatic heterocycles. The minimum atomic E-state index is -2.88. The number of rotatable bonds is 3. The first kappa shape index (κ1) is 18.7. The van der Waals surface area contributed by atoms with Crippen molar-refractivity contribution in [1.82, 2.24) is 4.90 Å². The molecule has 5 nitrogen and oxygen atoms in total. The number of hydrogen-bond donors (Lipinski definition) is 1. The quantitative estimate of drug-likeness (QED) is 0.838. The number of hydrogen-bond acceptors (Lipinski definition) is 4. The molecule has 0 radical (unpaired) electrons. The van der Waals surface area contributed by atoms with Crippen LogP contribution in [0.1, 0.15) is 39.0 Å². The van der Waals surface area contributed by atoms with Crippen molar-refractivity contribution in [3.8, 4) is 0 Å². The van der Waals surface area contributed by atoms with Gasteiger partial charge in [0.05, 0.1) is 17.4 Å². The standard InChI is InChI=1S/C14H26N2O3S.ClH/c1-14(15)7-4-3-5-12(14)13(17)16(2)9-11-6-8-20(18,19)10-11;/h11-12H,3-10,15H2,1-2H3;1H. The van der Waals surface area contributed by atoms with E-state index in [9.17, 15) is 13.2 Å². The van der Waals surface area contributed by atoms with E-state index >= 15 is 0 Å². The lowest BCUT2D eigenvalue weighted by atomic mass is 9.74. The second-order valence-electron chi connectivity index (χ2n) is 6.79. The molecule has 1 amide bonds. The summed E-state index contributed by atoms with van der Waals surface area (Å²) in [6, 6.07) is 0. The summed E-state index contributed by atoms with van der Waals surface area (Å²) in [5.74, 6) is 0.521. The van der Waals surface area contributed by atoms with E-state index in [1.54, 1.807) is 11.9 Å². The summed E-state index contributed by atoms with van der Waals surface area (Å²) in [4.78, 5) is 14.3. The van der Waals surface area contributed by atoms with Crippen molar-refractivity contribution in [2.75, 3.05) is 25.1 Å². The van der Waals surface area contributed by atoms with E-state index in [2.05, 4.69) is 0 Å². The summed E-state index contributed by atoms with van der Waals surface area (Å²) in [6.45, 7) is 2.49. The molecule has 0 aromatic heterocycles. The molecule has 2 rings (SSSR count). The highest BCUT2D eigenvalue weighted by Crippen LogP contribution is 2.33. The molecule has 0 bridgehead atoms. The molecule has 3 unspecified atom stereocenters. The zero-order valence-corrected chi connectivity index (χ0v) is 14.5. The second kappa shape index (κ2) is 6.84. The highest BCUT2D eigenvalue weighted by atomic mass is 35.5. The summed E-state index contributed by atoms with van der Waals surface area (Å²) < 4.78 is 22.9. The van der Waals surface area contributed by atoms with E-state index in [1.807, 2.05) is 6.92 Å². The first-order chi connectivity index (χ1) is 9.21. The number of amides is 1. The third kappa shape index (κ3) is 4.57. The zero-order valence-electron chi connectivity index (χ0n) is 12.9. The maximum absolute atomic E-state index is 12.6. The van der Waals surface area contributed by atoms with Crippen LogP contribution in [0, 0.1) is 11.8 Å². The number of sulfone groups is 1. The molecule has 2 aliphatic rings. The van der Waals surface area contributed by atoms with Crippen molar-refractivity contribution >= 4 is 28.2 Å². The van der Waals surface area contributed by atoms with Gasteiger partial charge in [-0.1, -0.05) is 12.8 Å². The molecular weight excluding hydrogens is 312 g/mol. The molecule has 1 aliphatic carbocycles. The lowest BCUT2D eigenvalue weighted by molar-refractivity contribution is -0.138. The molecule has 7 heteroatoms. The van der Waals surface area contributed by atoms with E-state index in [0.717, 1.165) is 25.7 Å². The Balaban J connectivity index is 0.00000220.